The topological polar surface area (TPSA) is 45.2 Å². The summed E-state index contributed by atoms with van der Waals surface area (Å²) in [4.78, 5) is 7.70. The lowest BCUT2D eigenvalue weighted by Crippen LogP contribution is -2.05. The van der Waals surface area contributed by atoms with Crippen LogP contribution >= 0.6 is 0 Å². The molecule has 0 bridgehead atoms. The standard InChI is InChI=1S/C15H19NO2/c1-10-15(11-5-3-2-4-6-11)13-8-7-12(18-17)9-14(13)16-10/h7-9,11,16-17H,2-6H2,1H3. The Hall–Kier alpha value is -1.48. The zero-order valence-corrected chi connectivity index (χ0v) is 10.7. The lowest BCUT2D eigenvalue weighted by Gasteiger charge is -2.22. The van der Waals surface area contributed by atoms with E-state index in [-0.39, 0.29) is 0 Å². The van der Waals surface area contributed by atoms with Gasteiger partial charge in [0.2, 0.25) is 0 Å². The van der Waals surface area contributed by atoms with Crippen LogP contribution in [0.1, 0.15) is 49.3 Å². The molecule has 3 rings (SSSR count). The third-order valence-corrected chi connectivity index (χ3v) is 4.13. The number of aromatic nitrogens is 1. The van der Waals surface area contributed by atoms with Crippen molar-refractivity contribution in [2.45, 2.75) is 44.9 Å². The highest BCUT2D eigenvalue weighted by Crippen LogP contribution is 2.39. The second-order valence-electron chi connectivity index (χ2n) is 5.30. The van der Waals surface area contributed by atoms with Gasteiger partial charge < -0.3 is 9.87 Å². The van der Waals surface area contributed by atoms with Gasteiger partial charge in [0.25, 0.3) is 0 Å². The SMILES string of the molecule is Cc1[nH]c2cc(OO)ccc2c1C1CCCCC1. The maximum Gasteiger partial charge on any atom is 0.167 e. The summed E-state index contributed by atoms with van der Waals surface area (Å²) in [6.07, 6.45) is 6.65. The third kappa shape index (κ3) is 1.89. The van der Waals surface area contributed by atoms with E-state index in [9.17, 15) is 0 Å². The number of aromatic amines is 1. The molecule has 0 aliphatic heterocycles. The fourth-order valence-electron chi connectivity index (χ4n) is 3.31. The van der Waals surface area contributed by atoms with Gasteiger partial charge in [0, 0.05) is 22.7 Å². The Morgan fingerprint density at radius 3 is 2.72 bits per heavy atom. The predicted molar refractivity (Wildman–Crippen MR) is 72.1 cm³/mol. The van der Waals surface area contributed by atoms with Gasteiger partial charge in [0.05, 0.1) is 0 Å². The van der Waals surface area contributed by atoms with E-state index >= 15 is 0 Å². The number of aryl methyl sites for hydroxylation is 1. The summed E-state index contributed by atoms with van der Waals surface area (Å²) >= 11 is 0. The molecule has 96 valence electrons. The van der Waals surface area contributed by atoms with Gasteiger partial charge in [-0.25, -0.2) is 5.26 Å². The number of H-pyrrole nitrogens is 1. The van der Waals surface area contributed by atoms with Crippen molar-refractivity contribution in [3.8, 4) is 5.75 Å². The van der Waals surface area contributed by atoms with Crippen LogP contribution in [0.25, 0.3) is 10.9 Å². The smallest absolute Gasteiger partial charge is 0.167 e. The van der Waals surface area contributed by atoms with Crippen LogP contribution in [0.15, 0.2) is 18.2 Å². The zero-order chi connectivity index (χ0) is 12.5. The monoisotopic (exact) mass is 245 g/mol. The van der Waals surface area contributed by atoms with Crippen LogP contribution in [0.4, 0.5) is 0 Å². The fourth-order valence-corrected chi connectivity index (χ4v) is 3.31. The van der Waals surface area contributed by atoms with E-state index in [1.807, 2.05) is 18.2 Å². The van der Waals surface area contributed by atoms with Crippen LogP contribution in [0.5, 0.6) is 5.75 Å². The molecule has 2 aromatic rings. The molecular weight excluding hydrogens is 226 g/mol. The van der Waals surface area contributed by atoms with E-state index in [2.05, 4.69) is 16.8 Å². The second kappa shape index (κ2) is 4.65. The lowest BCUT2D eigenvalue weighted by atomic mass is 9.83. The molecular formula is C15H19NO2. The van der Waals surface area contributed by atoms with Gasteiger partial charge in [-0.1, -0.05) is 19.3 Å². The summed E-state index contributed by atoms with van der Waals surface area (Å²) in [5.74, 6) is 1.17. The molecule has 0 atom stereocenters. The van der Waals surface area contributed by atoms with E-state index in [4.69, 9.17) is 5.26 Å². The van der Waals surface area contributed by atoms with Crippen molar-refractivity contribution in [2.75, 3.05) is 0 Å². The van der Waals surface area contributed by atoms with Gasteiger partial charge in [-0.3, -0.25) is 0 Å². The minimum absolute atomic E-state index is 0.485. The average molecular weight is 245 g/mol. The summed E-state index contributed by atoms with van der Waals surface area (Å²) in [5, 5.41) is 9.99. The van der Waals surface area contributed by atoms with E-state index in [0.29, 0.717) is 11.7 Å². The average Bonchev–Trinajstić information content (AvgIpc) is 2.74. The quantitative estimate of drug-likeness (QED) is 0.609. The van der Waals surface area contributed by atoms with Crippen LogP contribution in [0.3, 0.4) is 0 Å². The highest BCUT2D eigenvalue weighted by molar-refractivity contribution is 5.86. The van der Waals surface area contributed by atoms with Crippen LogP contribution in [0, 0.1) is 6.92 Å². The first-order valence-electron chi connectivity index (χ1n) is 6.73. The molecule has 1 saturated carbocycles. The number of fused-ring (bicyclic) bond motifs is 1. The number of hydrogen-bond donors (Lipinski definition) is 2. The Kier molecular flexibility index (Phi) is 3.00. The molecule has 1 aliphatic rings. The summed E-state index contributed by atoms with van der Waals surface area (Å²) in [6.45, 7) is 2.14. The molecule has 1 aromatic carbocycles. The Balaban J connectivity index is 2.07. The molecule has 2 N–H and O–H groups in total. The Morgan fingerprint density at radius 1 is 1.22 bits per heavy atom. The maximum absolute atomic E-state index is 8.71. The summed E-state index contributed by atoms with van der Waals surface area (Å²) in [6, 6.07) is 5.73. The molecule has 1 heterocycles. The molecule has 3 nitrogen and oxygen atoms in total. The highest BCUT2D eigenvalue weighted by Gasteiger charge is 2.21. The van der Waals surface area contributed by atoms with E-state index < -0.39 is 0 Å². The normalized spacial score (nSPS) is 17.2. The van der Waals surface area contributed by atoms with Gasteiger partial charge >= 0.3 is 0 Å². The van der Waals surface area contributed by atoms with E-state index in [1.54, 1.807) is 0 Å². The van der Waals surface area contributed by atoms with Crippen molar-refractivity contribution in [1.82, 2.24) is 4.98 Å². The molecule has 1 aromatic heterocycles. The van der Waals surface area contributed by atoms with Gasteiger partial charge in [0.1, 0.15) is 0 Å². The van der Waals surface area contributed by atoms with Crippen molar-refractivity contribution in [2.24, 2.45) is 0 Å². The molecule has 0 unspecified atom stereocenters. The number of hydrogen-bond acceptors (Lipinski definition) is 2. The van der Waals surface area contributed by atoms with Crippen LogP contribution in [0.2, 0.25) is 0 Å². The van der Waals surface area contributed by atoms with Gasteiger partial charge in [-0.15, -0.1) is 0 Å². The highest BCUT2D eigenvalue weighted by atomic mass is 17.1. The fraction of sp³-hybridized carbons (Fsp3) is 0.467. The Morgan fingerprint density at radius 2 is 2.00 bits per heavy atom. The van der Waals surface area contributed by atoms with Crippen molar-refractivity contribution >= 4 is 10.9 Å². The molecule has 18 heavy (non-hydrogen) atoms. The number of nitrogens with one attached hydrogen (secondary N) is 1. The third-order valence-electron chi connectivity index (χ3n) is 4.13. The zero-order valence-electron chi connectivity index (χ0n) is 10.7. The van der Waals surface area contributed by atoms with Crippen molar-refractivity contribution in [3.63, 3.8) is 0 Å². The molecule has 3 heteroatoms. The minimum Gasteiger partial charge on any atom is -0.358 e. The predicted octanol–water partition coefficient (Wildman–Crippen LogP) is 4.38. The maximum atomic E-state index is 8.71. The van der Waals surface area contributed by atoms with Gasteiger partial charge in [-0.2, -0.15) is 0 Å². The van der Waals surface area contributed by atoms with E-state index in [1.165, 1.54) is 48.7 Å². The lowest BCUT2D eigenvalue weighted by molar-refractivity contribution is -0.137. The largest absolute Gasteiger partial charge is 0.358 e. The molecule has 0 radical (unpaired) electrons. The van der Waals surface area contributed by atoms with Crippen LogP contribution in [-0.4, -0.2) is 10.2 Å². The summed E-state index contributed by atoms with van der Waals surface area (Å²) < 4.78 is 0. The van der Waals surface area contributed by atoms with Gasteiger partial charge in [-0.05, 0) is 43.4 Å². The number of benzene rings is 1. The Bertz CT molecular complexity index is 553. The Labute approximate surface area is 107 Å². The van der Waals surface area contributed by atoms with Crippen LogP contribution in [-0.2, 0) is 0 Å². The summed E-state index contributed by atoms with van der Waals surface area (Å²) in [5.41, 5.74) is 3.78. The number of rotatable bonds is 2. The van der Waals surface area contributed by atoms with E-state index in [0.717, 1.165) is 5.52 Å². The van der Waals surface area contributed by atoms with Crippen molar-refractivity contribution in [1.29, 1.82) is 0 Å². The van der Waals surface area contributed by atoms with Crippen LogP contribution < -0.4 is 4.89 Å². The van der Waals surface area contributed by atoms with Crippen molar-refractivity contribution < 1.29 is 10.1 Å². The molecule has 0 amide bonds. The molecule has 0 saturated heterocycles. The first-order chi connectivity index (χ1) is 8.79. The summed E-state index contributed by atoms with van der Waals surface area (Å²) in [7, 11) is 0. The van der Waals surface area contributed by atoms with Crippen molar-refractivity contribution in [3.05, 3.63) is 29.5 Å². The molecule has 1 aliphatic carbocycles. The minimum atomic E-state index is 0.485. The second-order valence-corrected chi connectivity index (χ2v) is 5.30. The molecule has 1 fully saturated rings. The first kappa shape index (κ1) is 11.6. The van der Waals surface area contributed by atoms with Gasteiger partial charge in [0.15, 0.2) is 5.75 Å². The first-order valence-corrected chi connectivity index (χ1v) is 6.73. The molecule has 0 spiro atoms.